The number of hydrogen-bond acceptors (Lipinski definition) is 3. The summed E-state index contributed by atoms with van der Waals surface area (Å²) >= 11 is 12.0. The average molecular weight is 360 g/mol. The van der Waals surface area contributed by atoms with Crippen LogP contribution in [0, 0.1) is 5.92 Å². The second-order valence-electron chi connectivity index (χ2n) is 5.63. The first-order chi connectivity index (χ1) is 11.0. The molecule has 0 spiro atoms. The normalized spacial score (nSPS) is 17.2. The Labute approximate surface area is 145 Å². The Hall–Kier alpha value is -1.30. The van der Waals surface area contributed by atoms with E-state index in [-0.39, 0.29) is 18.4 Å². The summed E-state index contributed by atoms with van der Waals surface area (Å²) in [4.78, 5) is 24.7. The van der Waals surface area contributed by atoms with Crippen LogP contribution < -0.4 is 0 Å². The van der Waals surface area contributed by atoms with Gasteiger partial charge >= 0.3 is 5.97 Å². The van der Waals surface area contributed by atoms with Crippen molar-refractivity contribution in [2.24, 2.45) is 5.92 Å². The molecule has 1 saturated heterocycles. The summed E-state index contributed by atoms with van der Waals surface area (Å²) < 4.78 is 5.26. The van der Waals surface area contributed by atoms with Crippen molar-refractivity contribution in [3.63, 3.8) is 0 Å². The van der Waals surface area contributed by atoms with Crippen LogP contribution in [0.25, 0.3) is 0 Å². The zero-order valence-corrected chi connectivity index (χ0v) is 14.1. The second kappa shape index (κ2) is 8.52. The molecule has 0 saturated carbocycles. The Morgan fingerprint density at radius 3 is 2.74 bits per heavy atom. The molecule has 1 aromatic carbocycles. The van der Waals surface area contributed by atoms with Crippen LogP contribution in [-0.2, 0) is 20.7 Å². The lowest BCUT2D eigenvalue weighted by Gasteiger charge is -2.22. The van der Waals surface area contributed by atoms with Crippen LogP contribution in [-0.4, -0.2) is 48.2 Å². The van der Waals surface area contributed by atoms with Gasteiger partial charge in [0.2, 0.25) is 5.91 Å². The molecule has 0 aliphatic carbocycles. The average Bonchev–Trinajstić information content (AvgIpc) is 2.97. The van der Waals surface area contributed by atoms with Crippen molar-refractivity contribution in [3.8, 4) is 0 Å². The van der Waals surface area contributed by atoms with E-state index in [0.717, 1.165) is 12.0 Å². The molecule has 0 unspecified atom stereocenters. The zero-order valence-electron chi connectivity index (χ0n) is 12.6. The van der Waals surface area contributed by atoms with E-state index in [2.05, 4.69) is 0 Å². The van der Waals surface area contributed by atoms with Crippen LogP contribution in [0.15, 0.2) is 18.2 Å². The highest BCUT2D eigenvalue weighted by molar-refractivity contribution is 6.35. The molecule has 1 aliphatic heterocycles. The minimum Gasteiger partial charge on any atom is -0.480 e. The Bertz CT molecular complexity index is 573. The number of benzene rings is 1. The number of aliphatic carboxylic acids is 1. The van der Waals surface area contributed by atoms with Gasteiger partial charge in [0, 0.05) is 36.2 Å². The molecule has 0 aromatic heterocycles. The summed E-state index contributed by atoms with van der Waals surface area (Å²) in [6.07, 6.45) is 1.65. The van der Waals surface area contributed by atoms with Gasteiger partial charge in [-0.15, -0.1) is 0 Å². The molecule has 7 heteroatoms. The highest BCUT2D eigenvalue weighted by atomic mass is 35.5. The molecule has 126 valence electrons. The topological polar surface area (TPSA) is 66.8 Å². The molecule has 1 atom stereocenters. The van der Waals surface area contributed by atoms with Gasteiger partial charge in [-0.05, 0) is 36.5 Å². The molecule has 1 aliphatic rings. The van der Waals surface area contributed by atoms with Crippen molar-refractivity contribution in [2.45, 2.75) is 19.3 Å². The maximum atomic E-state index is 12.3. The molecule has 1 fully saturated rings. The van der Waals surface area contributed by atoms with Crippen LogP contribution in [0.1, 0.15) is 18.4 Å². The summed E-state index contributed by atoms with van der Waals surface area (Å²) in [5.41, 5.74) is 0.837. The minimum atomic E-state index is -1.02. The largest absolute Gasteiger partial charge is 0.480 e. The summed E-state index contributed by atoms with van der Waals surface area (Å²) in [6, 6.07) is 5.15. The fourth-order valence-electron chi connectivity index (χ4n) is 2.56. The van der Waals surface area contributed by atoms with Crippen LogP contribution in [0.2, 0.25) is 10.0 Å². The number of carboxylic acids is 1. The summed E-state index contributed by atoms with van der Waals surface area (Å²) in [5.74, 6) is -1.01. The van der Waals surface area contributed by atoms with Crippen molar-refractivity contribution in [3.05, 3.63) is 33.8 Å². The Morgan fingerprint density at radius 1 is 1.35 bits per heavy atom. The number of nitrogens with zero attached hydrogens (tertiary/aromatic N) is 1. The van der Waals surface area contributed by atoms with E-state index in [1.54, 1.807) is 18.2 Å². The SMILES string of the molecule is O=C(O)CN(CCc1ccc(Cl)cc1Cl)C(=O)C[C@@H]1CCOC1. The third-order valence-electron chi connectivity index (χ3n) is 3.83. The lowest BCUT2D eigenvalue weighted by Crippen LogP contribution is -2.38. The summed E-state index contributed by atoms with van der Waals surface area (Å²) in [5, 5.41) is 10.1. The van der Waals surface area contributed by atoms with Crippen LogP contribution in [0.5, 0.6) is 0 Å². The molecule has 1 aromatic rings. The number of carbonyl (C=O) groups is 2. The number of rotatable bonds is 7. The lowest BCUT2D eigenvalue weighted by atomic mass is 10.0. The van der Waals surface area contributed by atoms with Gasteiger partial charge in [0.15, 0.2) is 0 Å². The maximum absolute atomic E-state index is 12.3. The van der Waals surface area contributed by atoms with E-state index in [1.165, 1.54) is 4.90 Å². The number of ether oxygens (including phenoxy) is 1. The third-order valence-corrected chi connectivity index (χ3v) is 4.42. The molecule has 0 bridgehead atoms. The Balaban J connectivity index is 1.96. The predicted molar refractivity (Wildman–Crippen MR) is 87.9 cm³/mol. The number of carboxylic acid groups (broad SMARTS) is 1. The molecule has 1 heterocycles. The van der Waals surface area contributed by atoms with E-state index in [0.29, 0.717) is 42.6 Å². The second-order valence-corrected chi connectivity index (χ2v) is 6.47. The van der Waals surface area contributed by atoms with Gasteiger partial charge in [0.25, 0.3) is 0 Å². The van der Waals surface area contributed by atoms with E-state index >= 15 is 0 Å². The number of amides is 1. The Kier molecular flexibility index (Phi) is 6.69. The van der Waals surface area contributed by atoms with Gasteiger partial charge in [0.05, 0.1) is 0 Å². The van der Waals surface area contributed by atoms with Gasteiger partial charge < -0.3 is 14.7 Å². The first-order valence-electron chi connectivity index (χ1n) is 7.47. The number of hydrogen-bond donors (Lipinski definition) is 1. The fraction of sp³-hybridized carbons (Fsp3) is 0.500. The van der Waals surface area contributed by atoms with Crippen molar-refractivity contribution < 1.29 is 19.4 Å². The first-order valence-corrected chi connectivity index (χ1v) is 8.22. The molecule has 1 amide bonds. The van der Waals surface area contributed by atoms with Crippen LogP contribution >= 0.6 is 23.2 Å². The standard InChI is InChI=1S/C16H19Cl2NO4/c17-13-2-1-12(14(18)8-13)3-5-19(9-16(21)22)15(20)7-11-4-6-23-10-11/h1-2,8,11H,3-7,9-10H2,(H,21,22)/t11-/m0/s1. The van der Waals surface area contributed by atoms with Gasteiger partial charge in [-0.2, -0.15) is 0 Å². The van der Waals surface area contributed by atoms with Gasteiger partial charge in [-0.1, -0.05) is 29.3 Å². The third kappa shape index (κ3) is 5.68. The molecule has 5 nitrogen and oxygen atoms in total. The van der Waals surface area contributed by atoms with Crippen LogP contribution in [0.3, 0.4) is 0 Å². The van der Waals surface area contributed by atoms with Gasteiger partial charge in [-0.25, -0.2) is 0 Å². The van der Waals surface area contributed by atoms with Gasteiger partial charge in [0.1, 0.15) is 6.54 Å². The predicted octanol–water partition coefficient (Wildman–Crippen LogP) is 2.88. The van der Waals surface area contributed by atoms with E-state index in [4.69, 9.17) is 33.0 Å². The zero-order chi connectivity index (χ0) is 16.8. The van der Waals surface area contributed by atoms with Gasteiger partial charge in [-0.3, -0.25) is 9.59 Å². The minimum absolute atomic E-state index is 0.159. The maximum Gasteiger partial charge on any atom is 0.323 e. The highest BCUT2D eigenvalue weighted by Crippen LogP contribution is 2.22. The van der Waals surface area contributed by atoms with Crippen molar-refractivity contribution in [1.29, 1.82) is 0 Å². The summed E-state index contributed by atoms with van der Waals surface area (Å²) in [6.45, 7) is 1.23. The lowest BCUT2D eigenvalue weighted by molar-refractivity contribution is -0.144. The quantitative estimate of drug-likeness (QED) is 0.812. The van der Waals surface area contributed by atoms with Crippen molar-refractivity contribution in [2.75, 3.05) is 26.3 Å². The van der Waals surface area contributed by atoms with Crippen molar-refractivity contribution in [1.82, 2.24) is 4.90 Å². The molecule has 1 N–H and O–H groups in total. The van der Waals surface area contributed by atoms with Crippen LogP contribution in [0.4, 0.5) is 0 Å². The molecular weight excluding hydrogens is 341 g/mol. The smallest absolute Gasteiger partial charge is 0.323 e. The highest BCUT2D eigenvalue weighted by Gasteiger charge is 2.24. The fourth-order valence-corrected chi connectivity index (χ4v) is 3.06. The monoisotopic (exact) mass is 359 g/mol. The Morgan fingerprint density at radius 2 is 2.13 bits per heavy atom. The molecule has 0 radical (unpaired) electrons. The summed E-state index contributed by atoms with van der Waals surface area (Å²) in [7, 11) is 0. The number of halogens is 2. The molecule has 23 heavy (non-hydrogen) atoms. The molecule has 2 rings (SSSR count). The molecular formula is C16H19Cl2NO4. The van der Waals surface area contributed by atoms with E-state index in [9.17, 15) is 9.59 Å². The van der Waals surface area contributed by atoms with E-state index < -0.39 is 5.97 Å². The van der Waals surface area contributed by atoms with E-state index in [1.807, 2.05) is 0 Å². The number of carbonyl (C=O) groups excluding carboxylic acids is 1. The van der Waals surface area contributed by atoms with Crippen molar-refractivity contribution >= 4 is 35.1 Å². The first kappa shape index (κ1) is 18.0.